The maximum Gasteiger partial charge on any atom is 0.185 e. The number of benzene rings is 2. The number of hydrogen-bond donors (Lipinski definition) is 1. The predicted molar refractivity (Wildman–Crippen MR) is 113 cm³/mol. The number of para-hydroxylation sites is 2. The quantitative estimate of drug-likeness (QED) is 0.746. The third kappa shape index (κ3) is 3.76. The Morgan fingerprint density at radius 2 is 1.56 bits per heavy atom. The third-order valence-corrected chi connectivity index (χ3v) is 8.90. The lowest BCUT2D eigenvalue weighted by molar-refractivity contribution is 0.450. The van der Waals surface area contributed by atoms with Crippen molar-refractivity contribution in [3.05, 3.63) is 53.6 Å². The fourth-order valence-electron chi connectivity index (χ4n) is 3.41. The van der Waals surface area contributed by atoms with Crippen LogP contribution in [0.15, 0.2) is 42.5 Å². The fourth-order valence-corrected chi connectivity index (χ4v) is 5.79. The van der Waals surface area contributed by atoms with Crippen LogP contribution in [0.4, 0.5) is 5.69 Å². The molecular formula is C22H33NOSi. The van der Waals surface area contributed by atoms with Gasteiger partial charge in [-0.1, -0.05) is 71.0 Å². The van der Waals surface area contributed by atoms with Crippen LogP contribution in [-0.4, -0.2) is 20.4 Å². The van der Waals surface area contributed by atoms with Crippen LogP contribution in [0.2, 0.25) is 13.1 Å². The Morgan fingerprint density at radius 1 is 0.960 bits per heavy atom. The lowest BCUT2D eigenvalue weighted by Gasteiger charge is -2.39. The van der Waals surface area contributed by atoms with Crippen LogP contribution >= 0.6 is 0 Å². The van der Waals surface area contributed by atoms with Gasteiger partial charge < -0.3 is 9.67 Å². The summed E-state index contributed by atoms with van der Waals surface area (Å²) < 4.78 is 2.42. The molecule has 0 saturated carbocycles. The summed E-state index contributed by atoms with van der Waals surface area (Å²) in [5.41, 5.74) is 3.59. The van der Waals surface area contributed by atoms with Crippen molar-refractivity contribution < 1.29 is 5.11 Å². The maximum atomic E-state index is 11.0. The molecule has 0 bridgehead atoms. The van der Waals surface area contributed by atoms with Gasteiger partial charge in [0.25, 0.3) is 0 Å². The Kier molecular flexibility index (Phi) is 5.38. The molecule has 2 aromatic rings. The van der Waals surface area contributed by atoms with Crippen LogP contribution in [0.3, 0.4) is 0 Å². The Morgan fingerprint density at radius 3 is 2.12 bits per heavy atom. The minimum Gasteiger partial charge on any atom is -0.508 e. The van der Waals surface area contributed by atoms with E-state index in [4.69, 9.17) is 0 Å². The molecule has 2 rings (SSSR count). The minimum atomic E-state index is -2.07. The molecule has 3 heteroatoms. The minimum absolute atomic E-state index is 0.0705. The van der Waals surface area contributed by atoms with Crippen molar-refractivity contribution in [3.8, 4) is 5.75 Å². The first-order valence-electron chi connectivity index (χ1n) is 9.13. The zero-order valence-electron chi connectivity index (χ0n) is 17.0. The van der Waals surface area contributed by atoms with Crippen LogP contribution in [-0.2, 0) is 5.41 Å². The molecule has 2 nitrogen and oxygen atoms in total. The van der Waals surface area contributed by atoms with Crippen LogP contribution in [0.1, 0.15) is 51.7 Å². The van der Waals surface area contributed by atoms with E-state index >= 15 is 0 Å². The molecule has 0 radical (unpaired) electrons. The fraction of sp³-hybridized carbons (Fsp3) is 0.455. The molecule has 0 saturated heterocycles. The number of aromatic hydroxyl groups is 1. The van der Waals surface area contributed by atoms with Crippen LogP contribution < -0.4 is 9.75 Å². The van der Waals surface area contributed by atoms with Gasteiger partial charge in [-0.3, -0.25) is 0 Å². The van der Waals surface area contributed by atoms with Crippen molar-refractivity contribution in [1.29, 1.82) is 0 Å². The molecule has 0 aliphatic rings. The summed E-state index contributed by atoms with van der Waals surface area (Å²) in [6.45, 7) is 15.5. The topological polar surface area (TPSA) is 23.5 Å². The lowest BCUT2D eigenvalue weighted by atomic mass is 9.86. The van der Waals surface area contributed by atoms with Gasteiger partial charge in [-0.15, -0.1) is 0 Å². The van der Waals surface area contributed by atoms with Crippen LogP contribution in [0.25, 0.3) is 0 Å². The van der Waals surface area contributed by atoms with E-state index < -0.39 is 8.24 Å². The Labute approximate surface area is 154 Å². The van der Waals surface area contributed by atoms with Gasteiger partial charge in [0.15, 0.2) is 8.24 Å². The smallest absolute Gasteiger partial charge is 0.185 e. The number of rotatable bonds is 4. The molecular weight excluding hydrogens is 322 g/mol. The molecule has 2 aromatic carbocycles. The zero-order valence-corrected chi connectivity index (χ0v) is 18.0. The van der Waals surface area contributed by atoms with Crippen molar-refractivity contribution in [2.75, 3.05) is 11.6 Å². The average molecular weight is 356 g/mol. The predicted octanol–water partition coefficient (Wildman–Crippen LogP) is 5.36. The Hall–Kier alpha value is -1.74. The van der Waals surface area contributed by atoms with Crippen molar-refractivity contribution in [1.82, 2.24) is 0 Å². The van der Waals surface area contributed by atoms with Gasteiger partial charge in [-0.05, 0) is 48.7 Å². The molecule has 0 unspecified atom stereocenters. The highest BCUT2D eigenvalue weighted by Crippen LogP contribution is 2.33. The molecule has 1 N–H and O–H groups in total. The van der Waals surface area contributed by atoms with Gasteiger partial charge >= 0.3 is 0 Å². The highest BCUT2D eigenvalue weighted by Gasteiger charge is 2.35. The monoisotopic (exact) mass is 355 g/mol. The SMILES string of the molecule is CC(C)c1ccccc1N(C)[Si](C)(C)c1cccc(C(C)(C)C)c1O. The molecule has 25 heavy (non-hydrogen) atoms. The second-order valence-corrected chi connectivity index (χ2v) is 13.1. The average Bonchev–Trinajstić information content (AvgIpc) is 2.52. The van der Waals surface area contributed by atoms with E-state index in [0.29, 0.717) is 11.7 Å². The number of nitrogens with zero attached hydrogens (tertiary/aromatic N) is 1. The van der Waals surface area contributed by atoms with Crippen molar-refractivity contribution in [2.24, 2.45) is 0 Å². The normalized spacial score (nSPS) is 12.5. The van der Waals surface area contributed by atoms with E-state index in [-0.39, 0.29) is 5.41 Å². The summed E-state index contributed by atoms with van der Waals surface area (Å²) in [7, 11) is 0.105. The molecule has 0 heterocycles. The standard InChI is InChI=1S/C22H33NOSi/c1-16(2)17-12-9-10-14-19(17)23(6)25(7,8)20-15-11-13-18(21(20)24)22(3,4)5/h9-16,24H,1-8H3. The number of phenols is 1. The highest BCUT2D eigenvalue weighted by atomic mass is 28.3. The Balaban J connectivity index is 2.56. The zero-order chi connectivity index (χ0) is 19.0. The van der Waals surface area contributed by atoms with Crippen molar-refractivity contribution in [2.45, 2.75) is 59.0 Å². The highest BCUT2D eigenvalue weighted by molar-refractivity contribution is 6.93. The summed E-state index contributed by atoms with van der Waals surface area (Å²) in [6.07, 6.45) is 0. The maximum absolute atomic E-state index is 11.0. The largest absolute Gasteiger partial charge is 0.508 e. The molecule has 0 amide bonds. The lowest BCUT2D eigenvalue weighted by Crippen LogP contribution is -2.57. The molecule has 0 fully saturated rings. The van der Waals surface area contributed by atoms with E-state index in [1.165, 1.54) is 11.3 Å². The number of phenolic OH excluding ortho intramolecular Hbond substituents is 1. The number of anilines is 1. The first-order chi connectivity index (χ1) is 11.5. The van der Waals surface area contributed by atoms with E-state index in [0.717, 1.165) is 10.8 Å². The van der Waals surface area contributed by atoms with Crippen LogP contribution in [0, 0.1) is 0 Å². The summed E-state index contributed by atoms with van der Waals surface area (Å²) in [4.78, 5) is 0. The summed E-state index contributed by atoms with van der Waals surface area (Å²) in [5.74, 6) is 0.943. The van der Waals surface area contributed by atoms with Crippen molar-refractivity contribution in [3.63, 3.8) is 0 Å². The van der Waals surface area contributed by atoms with E-state index in [1.54, 1.807) is 0 Å². The van der Waals surface area contributed by atoms with Crippen molar-refractivity contribution >= 4 is 19.1 Å². The van der Waals surface area contributed by atoms with E-state index in [2.05, 4.69) is 95.7 Å². The molecule has 0 atom stereocenters. The molecule has 0 aromatic heterocycles. The van der Waals surface area contributed by atoms with Gasteiger partial charge in [0.2, 0.25) is 0 Å². The second kappa shape index (κ2) is 6.87. The van der Waals surface area contributed by atoms with Gasteiger partial charge in [0, 0.05) is 10.9 Å². The molecule has 0 aliphatic heterocycles. The van der Waals surface area contributed by atoms with Gasteiger partial charge in [0.1, 0.15) is 5.75 Å². The number of hydrogen-bond acceptors (Lipinski definition) is 2. The summed E-state index contributed by atoms with van der Waals surface area (Å²) in [5, 5.41) is 12.1. The first-order valence-corrected chi connectivity index (χ1v) is 12.1. The summed E-state index contributed by atoms with van der Waals surface area (Å²) in [6, 6.07) is 14.9. The van der Waals surface area contributed by atoms with Gasteiger partial charge in [0.05, 0.1) is 0 Å². The molecule has 0 spiro atoms. The molecule has 0 aliphatic carbocycles. The first kappa shape index (κ1) is 19.6. The van der Waals surface area contributed by atoms with Crippen LogP contribution in [0.5, 0.6) is 5.75 Å². The summed E-state index contributed by atoms with van der Waals surface area (Å²) >= 11 is 0. The van der Waals surface area contributed by atoms with Gasteiger partial charge in [-0.25, -0.2) is 0 Å². The van der Waals surface area contributed by atoms with Gasteiger partial charge in [-0.2, -0.15) is 0 Å². The third-order valence-electron chi connectivity index (χ3n) is 5.26. The second-order valence-electron chi connectivity index (χ2n) is 8.78. The van der Waals surface area contributed by atoms with E-state index in [1.807, 2.05) is 6.07 Å². The van der Waals surface area contributed by atoms with E-state index in [9.17, 15) is 5.11 Å². The Bertz CT molecular complexity index is 744. The molecule has 136 valence electrons.